The molecule has 3 rings (SSSR count). The molecule has 4 nitrogen and oxygen atoms in total. The maximum absolute atomic E-state index is 12.5. The molecule has 0 aliphatic heterocycles. The monoisotopic (exact) mass is 370 g/mol. The molecule has 0 bridgehead atoms. The molecule has 4 heteroatoms. The molecule has 0 amide bonds. The number of azo groups is 1. The number of carbonyl (C=O) groups is 2. The summed E-state index contributed by atoms with van der Waals surface area (Å²) in [6.45, 7) is 3.59. The van der Waals surface area contributed by atoms with Gasteiger partial charge in [-0.25, -0.2) is 0 Å². The Morgan fingerprint density at radius 3 is 1.68 bits per heavy atom. The van der Waals surface area contributed by atoms with E-state index in [2.05, 4.69) is 10.2 Å². The van der Waals surface area contributed by atoms with E-state index in [1.54, 1.807) is 19.1 Å². The summed E-state index contributed by atoms with van der Waals surface area (Å²) in [6.07, 6.45) is 0.717. The molecule has 0 spiro atoms. The summed E-state index contributed by atoms with van der Waals surface area (Å²) in [6, 6.07) is 22.6. The molecule has 0 aromatic heterocycles. The summed E-state index contributed by atoms with van der Waals surface area (Å²) in [4.78, 5) is 23.6. The number of aryl methyl sites for hydroxylation is 1. The van der Waals surface area contributed by atoms with Gasteiger partial charge in [-0.3, -0.25) is 9.59 Å². The van der Waals surface area contributed by atoms with E-state index >= 15 is 0 Å². The molecule has 0 fully saturated rings. The van der Waals surface area contributed by atoms with E-state index in [0.29, 0.717) is 18.4 Å². The van der Waals surface area contributed by atoms with Crippen molar-refractivity contribution >= 4 is 22.9 Å². The van der Waals surface area contributed by atoms with E-state index in [0.717, 1.165) is 22.5 Å². The fraction of sp³-hybridized carbons (Fsp3) is 0.167. The highest BCUT2D eigenvalue weighted by Gasteiger charge is 2.08. The smallest absolute Gasteiger partial charge is 0.167 e. The van der Waals surface area contributed by atoms with E-state index in [4.69, 9.17) is 0 Å². The minimum Gasteiger partial charge on any atom is -0.300 e. The third-order valence-electron chi connectivity index (χ3n) is 4.34. The van der Waals surface area contributed by atoms with Crippen LogP contribution in [0.2, 0.25) is 0 Å². The van der Waals surface area contributed by atoms with Crippen molar-refractivity contribution in [3.8, 4) is 0 Å². The molecule has 0 N–H and O–H groups in total. The van der Waals surface area contributed by atoms with Crippen LogP contribution in [0.15, 0.2) is 83.0 Å². The summed E-state index contributed by atoms with van der Waals surface area (Å²) >= 11 is 0. The van der Waals surface area contributed by atoms with E-state index in [1.807, 2.05) is 67.6 Å². The Labute approximate surface area is 165 Å². The lowest BCUT2D eigenvalue weighted by molar-refractivity contribution is -0.116. The van der Waals surface area contributed by atoms with Crippen molar-refractivity contribution in [1.29, 1.82) is 0 Å². The highest BCUT2D eigenvalue weighted by Crippen LogP contribution is 2.20. The van der Waals surface area contributed by atoms with Crippen LogP contribution in [0.4, 0.5) is 11.4 Å². The van der Waals surface area contributed by atoms with Crippen molar-refractivity contribution in [2.45, 2.75) is 26.7 Å². The first-order valence-electron chi connectivity index (χ1n) is 9.18. The second kappa shape index (κ2) is 9.00. The van der Waals surface area contributed by atoms with Crippen molar-refractivity contribution in [3.63, 3.8) is 0 Å². The van der Waals surface area contributed by atoms with E-state index < -0.39 is 0 Å². The lowest BCUT2D eigenvalue weighted by Crippen LogP contribution is -2.04. The summed E-state index contributed by atoms with van der Waals surface area (Å²) in [5.74, 6) is 0.155. The van der Waals surface area contributed by atoms with E-state index in [-0.39, 0.29) is 11.6 Å². The van der Waals surface area contributed by atoms with Crippen molar-refractivity contribution in [2.75, 3.05) is 0 Å². The minimum atomic E-state index is 0.0448. The van der Waals surface area contributed by atoms with Gasteiger partial charge in [-0.1, -0.05) is 54.1 Å². The second-order valence-electron chi connectivity index (χ2n) is 6.88. The summed E-state index contributed by atoms with van der Waals surface area (Å²) < 4.78 is 0. The number of Topliss-reactive ketones (excluding diaryl/α,β-unsaturated/α-hetero) is 2. The first-order valence-corrected chi connectivity index (χ1v) is 9.18. The number of hydrogen-bond acceptors (Lipinski definition) is 4. The van der Waals surface area contributed by atoms with Crippen LogP contribution in [0.5, 0.6) is 0 Å². The Kier molecular flexibility index (Phi) is 6.22. The number of hydrogen-bond donors (Lipinski definition) is 0. The highest BCUT2D eigenvalue weighted by atomic mass is 16.1. The van der Waals surface area contributed by atoms with Gasteiger partial charge in [0.25, 0.3) is 0 Å². The zero-order valence-electron chi connectivity index (χ0n) is 16.1. The average molecular weight is 370 g/mol. The fourth-order valence-electron chi connectivity index (χ4n) is 2.79. The number of nitrogens with zero attached hydrogens (tertiary/aromatic N) is 2. The molecule has 3 aromatic rings. The molecule has 0 saturated carbocycles. The lowest BCUT2D eigenvalue weighted by Gasteiger charge is -2.04. The quantitative estimate of drug-likeness (QED) is 0.380. The van der Waals surface area contributed by atoms with Gasteiger partial charge in [-0.15, -0.1) is 0 Å². The largest absolute Gasteiger partial charge is 0.300 e. The molecule has 140 valence electrons. The third kappa shape index (κ3) is 5.55. The Balaban J connectivity index is 1.61. The van der Waals surface area contributed by atoms with Crippen molar-refractivity contribution < 1.29 is 9.59 Å². The zero-order valence-corrected chi connectivity index (χ0v) is 16.1. The number of carbonyl (C=O) groups excluding carboxylic acids is 2. The topological polar surface area (TPSA) is 58.9 Å². The summed E-state index contributed by atoms with van der Waals surface area (Å²) in [5, 5.41) is 8.45. The van der Waals surface area contributed by atoms with Gasteiger partial charge in [-0.2, -0.15) is 10.2 Å². The molecule has 0 saturated heterocycles. The summed E-state index contributed by atoms with van der Waals surface area (Å²) in [5.41, 5.74) is 5.22. The van der Waals surface area contributed by atoms with Gasteiger partial charge in [0.2, 0.25) is 0 Å². The molecule has 0 unspecified atom stereocenters. The van der Waals surface area contributed by atoms with Crippen LogP contribution in [-0.2, 0) is 17.6 Å². The van der Waals surface area contributed by atoms with Crippen LogP contribution in [0.1, 0.15) is 34.0 Å². The second-order valence-corrected chi connectivity index (χ2v) is 6.88. The Bertz CT molecular complexity index is 986. The van der Waals surface area contributed by atoms with Gasteiger partial charge in [0, 0.05) is 18.4 Å². The van der Waals surface area contributed by atoms with Crippen LogP contribution < -0.4 is 0 Å². The van der Waals surface area contributed by atoms with Gasteiger partial charge in [0.05, 0.1) is 11.4 Å². The average Bonchev–Trinajstić information content (AvgIpc) is 2.69. The highest BCUT2D eigenvalue weighted by molar-refractivity contribution is 5.97. The molecule has 0 heterocycles. The molecular formula is C24H22N2O2. The van der Waals surface area contributed by atoms with Crippen LogP contribution in [-0.4, -0.2) is 11.6 Å². The van der Waals surface area contributed by atoms with Crippen molar-refractivity contribution in [3.05, 3.63) is 95.1 Å². The first kappa shape index (κ1) is 19.4. The van der Waals surface area contributed by atoms with Gasteiger partial charge < -0.3 is 0 Å². The zero-order chi connectivity index (χ0) is 19.9. The number of rotatable bonds is 7. The van der Waals surface area contributed by atoms with Gasteiger partial charge >= 0.3 is 0 Å². The maximum Gasteiger partial charge on any atom is 0.167 e. The van der Waals surface area contributed by atoms with Gasteiger partial charge in [-0.05, 0) is 49.2 Å². The maximum atomic E-state index is 12.5. The van der Waals surface area contributed by atoms with Gasteiger partial charge in [0.1, 0.15) is 5.78 Å². The number of benzene rings is 3. The van der Waals surface area contributed by atoms with Crippen LogP contribution >= 0.6 is 0 Å². The first-order chi connectivity index (χ1) is 13.5. The van der Waals surface area contributed by atoms with Crippen LogP contribution in [0, 0.1) is 6.92 Å². The molecular weight excluding hydrogens is 348 g/mol. The van der Waals surface area contributed by atoms with Crippen LogP contribution in [0.25, 0.3) is 0 Å². The van der Waals surface area contributed by atoms with Crippen LogP contribution in [0.3, 0.4) is 0 Å². The standard InChI is InChI=1S/C24H22N2O2/c1-17-3-11-22(12-4-17)25-26-23-13-7-20(8-14-23)16-24(28)21-9-5-19(6-10-21)15-18(2)27/h3-14H,15-16H2,1-2H3. The van der Waals surface area contributed by atoms with Crippen molar-refractivity contribution in [2.24, 2.45) is 10.2 Å². The Morgan fingerprint density at radius 1 is 0.679 bits per heavy atom. The fourth-order valence-corrected chi connectivity index (χ4v) is 2.79. The SMILES string of the molecule is CC(=O)Cc1ccc(C(=O)Cc2ccc(N=Nc3ccc(C)cc3)cc2)cc1. The molecule has 0 radical (unpaired) electrons. The molecule has 28 heavy (non-hydrogen) atoms. The lowest BCUT2D eigenvalue weighted by atomic mass is 10.0. The Morgan fingerprint density at radius 2 is 1.14 bits per heavy atom. The third-order valence-corrected chi connectivity index (χ3v) is 4.34. The molecule has 3 aromatic carbocycles. The van der Waals surface area contributed by atoms with E-state index in [1.165, 1.54) is 5.56 Å². The van der Waals surface area contributed by atoms with Crippen molar-refractivity contribution in [1.82, 2.24) is 0 Å². The van der Waals surface area contributed by atoms with Gasteiger partial charge in [0.15, 0.2) is 5.78 Å². The molecule has 0 atom stereocenters. The number of ketones is 2. The summed E-state index contributed by atoms with van der Waals surface area (Å²) in [7, 11) is 0. The van der Waals surface area contributed by atoms with E-state index in [9.17, 15) is 9.59 Å². The normalized spacial score (nSPS) is 10.9. The predicted molar refractivity (Wildman–Crippen MR) is 111 cm³/mol. The predicted octanol–water partition coefficient (Wildman–Crippen LogP) is 5.97. The molecule has 0 aliphatic rings. The Hall–Kier alpha value is -3.40. The minimum absolute atomic E-state index is 0.0448. The molecule has 0 aliphatic carbocycles.